The molecule has 1 aliphatic heterocycles. The summed E-state index contributed by atoms with van der Waals surface area (Å²) < 4.78 is 1.74. The molecule has 0 N–H and O–H groups in total. The number of aromatic nitrogens is 4. The maximum Gasteiger partial charge on any atom is 0.253 e. The summed E-state index contributed by atoms with van der Waals surface area (Å²) in [5.41, 5.74) is 0.721. The molecule has 0 saturated heterocycles. The van der Waals surface area contributed by atoms with Crippen molar-refractivity contribution in [3.63, 3.8) is 0 Å². The molecule has 0 spiro atoms. The van der Waals surface area contributed by atoms with Crippen LogP contribution in [0.3, 0.4) is 0 Å². The van der Waals surface area contributed by atoms with Gasteiger partial charge in [0.25, 0.3) is 5.91 Å². The average Bonchev–Trinajstić information content (AvgIpc) is 3.45. The van der Waals surface area contributed by atoms with Gasteiger partial charge in [-0.3, -0.25) is 4.79 Å². The van der Waals surface area contributed by atoms with Gasteiger partial charge in [0.1, 0.15) is 0 Å². The topological polar surface area (TPSA) is 76.3 Å². The third kappa shape index (κ3) is 3.89. The number of amides is 1. The predicted molar refractivity (Wildman–Crippen MR) is 113 cm³/mol. The van der Waals surface area contributed by atoms with Gasteiger partial charge in [-0.05, 0) is 54.1 Å². The molecule has 0 saturated carbocycles. The summed E-state index contributed by atoms with van der Waals surface area (Å²) in [5.74, 6) is 0.193. The maximum absolute atomic E-state index is 13.1. The third-order valence-electron chi connectivity index (χ3n) is 4.24. The number of rotatable bonds is 5. The van der Waals surface area contributed by atoms with E-state index in [1.165, 1.54) is 11.8 Å². The Labute approximate surface area is 175 Å². The first-order chi connectivity index (χ1) is 13.4. The van der Waals surface area contributed by atoms with Crippen molar-refractivity contribution in [2.75, 3.05) is 5.75 Å². The Hall–Kier alpha value is -2.04. The van der Waals surface area contributed by atoms with Crippen LogP contribution in [-0.4, -0.2) is 42.6 Å². The second-order valence-corrected chi connectivity index (χ2v) is 10.2. The number of hydrogen-bond acceptors (Lipinski definition) is 8. The molecule has 146 valence electrons. The van der Waals surface area contributed by atoms with Crippen molar-refractivity contribution in [3.8, 4) is 0 Å². The molecule has 3 aromatic rings. The fourth-order valence-corrected chi connectivity index (χ4v) is 5.36. The lowest BCUT2D eigenvalue weighted by molar-refractivity contribution is -0.130. The second-order valence-electron chi connectivity index (χ2n) is 7.33. The van der Waals surface area contributed by atoms with Crippen LogP contribution in [0.15, 0.2) is 45.3 Å². The summed E-state index contributed by atoms with van der Waals surface area (Å²) in [6.07, 6.45) is 0.733. The number of tetrazole rings is 1. The number of thiophene rings is 2. The third-order valence-corrected chi connectivity index (χ3v) is 7.04. The zero-order chi connectivity index (χ0) is 19.7. The highest BCUT2D eigenvalue weighted by atomic mass is 32.2. The van der Waals surface area contributed by atoms with E-state index in [1.807, 2.05) is 43.7 Å². The quantitative estimate of drug-likeness (QED) is 0.569. The largest absolute Gasteiger partial charge is 0.272 e. The predicted octanol–water partition coefficient (Wildman–Crippen LogP) is 4.02. The van der Waals surface area contributed by atoms with Gasteiger partial charge in [-0.25, -0.2) is 9.69 Å². The number of nitrogens with zero attached hydrogens (tertiary/aromatic N) is 6. The number of carbonyl (C=O) groups excluding carboxylic acids is 1. The molecule has 28 heavy (non-hydrogen) atoms. The molecule has 0 unspecified atom stereocenters. The summed E-state index contributed by atoms with van der Waals surface area (Å²) >= 11 is 4.65. The minimum absolute atomic E-state index is 0.0431. The van der Waals surface area contributed by atoms with E-state index in [4.69, 9.17) is 0 Å². The molecule has 7 nitrogen and oxygen atoms in total. The van der Waals surface area contributed by atoms with Crippen molar-refractivity contribution in [1.82, 2.24) is 25.2 Å². The van der Waals surface area contributed by atoms with Crippen LogP contribution >= 0.6 is 34.4 Å². The van der Waals surface area contributed by atoms with Crippen molar-refractivity contribution in [1.29, 1.82) is 0 Å². The molecule has 0 bridgehead atoms. The van der Waals surface area contributed by atoms with Crippen LogP contribution in [0.5, 0.6) is 0 Å². The van der Waals surface area contributed by atoms with Gasteiger partial charge in [-0.2, -0.15) is 5.10 Å². The molecule has 1 aliphatic rings. The minimum atomic E-state index is -0.244. The maximum atomic E-state index is 13.1. The van der Waals surface area contributed by atoms with Crippen LogP contribution in [0.25, 0.3) is 0 Å². The highest BCUT2D eigenvalue weighted by Gasteiger charge is 2.34. The van der Waals surface area contributed by atoms with Gasteiger partial charge in [-0.1, -0.05) is 23.9 Å². The molecule has 0 fully saturated rings. The van der Waals surface area contributed by atoms with Crippen LogP contribution in [0.4, 0.5) is 0 Å². The lowest BCUT2D eigenvalue weighted by atomic mass is 10.1. The molecule has 1 atom stereocenters. The Morgan fingerprint density at radius 3 is 2.71 bits per heavy atom. The average molecular weight is 433 g/mol. The Morgan fingerprint density at radius 2 is 2.04 bits per heavy atom. The van der Waals surface area contributed by atoms with E-state index in [1.54, 1.807) is 32.4 Å². The molecule has 3 aromatic heterocycles. The molecule has 0 aromatic carbocycles. The van der Waals surface area contributed by atoms with Crippen LogP contribution in [0, 0.1) is 0 Å². The van der Waals surface area contributed by atoms with Crippen molar-refractivity contribution >= 4 is 46.1 Å². The van der Waals surface area contributed by atoms with E-state index < -0.39 is 0 Å². The lowest BCUT2D eigenvalue weighted by Crippen LogP contribution is -2.29. The fraction of sp³-hybridized carbons (Fsp3) is 0.389. The summed E-state index contributed by atoms with van der Waals surface area (Å²) in [7, 11) is 0. The molecular weight excluding hydrogens is 412 g/mol. The van der Waals surface area contributed by atoms with E-state index >= 15 is 0 Å². The Morgan fingerprint density at radius 1 is 1.25 bits per heavy atom. The number of hydrazone groups is 1. The summed E-state index contributed by atoms with van der Waals surface area (Å²) in [5, 5.41) is 22.9. The Bertz CT molecular complexity index is 972. The van der Waals surface area contributed by atoms with Gasteiger partial charge in [0.15, 0.2) is 0 Å². The van der Waals surface area contributed by atoms with Crippen molar-refractivity contribution in [2.24, 2.45) is 5.10 Å². The number of thioether (sulfide) groups is 1. The minimum Gasteiger partial charge on any atom is -0.272 e. The molecule has 1 amide bonds. The van der Waals surface area contributed by atoms with Gasteiger partial charge < -0.3 is 0 Å². The molecule has 4 rings (SSSR count). The monoisotopic (exact) mass is 432 g/mol. The zero-order valence-corrected chi connectivity index (χ0v) is 18.2. The molecule has 4 heterocycles. The SMILES string of the molecule is CC(C)(C)n1nnnc1SCC(=O)N1N=C(c2cccs2)C[C@@H]1c1cccs1. The van der Waals surface area contributed by atoms with E-state index in [9.17, 15) is 4.79 Å². The summed E-state index contributed by atoms with van der Waals surface area (Å²) in [4.78, 5) is 15.3. The highest BCUT2D eigenvalue weighted by molar-refractivity contribution is 7.99. The smallest absolute Gasteiger partial charge is 0.253 e. The summed E-state index contributed by atoms with van der Waals surface area (Å²) in [6, 6.07) is 8.09. The second kappa shape index (κ2) is 7.76. The van der Waals surface area contributed by atoms with Gasteiger partial charge in [0.05, 0.1) is 27.9 Å². The van der Waals surface area contributed by atoms with Crippen LogP contribution < -0.4 is 0 Å². The van der Waals surface area contributed by atoms with E-state index in [2.05, 4.69) is 32.8 Å². The number of carbonyl (C=O) groups is 1. The Balaban J connectivity index is 1.53. The lowest BCUT2D eigenvalue weighted by Gasteiger charge is -2.21. The molecule has 0 aliphatic carbocycles. The van der Waals surface area contributed by atoms with Gasteiger partial charge >= 0.3 is 0 Å². The summed E-state index contributed by atoms with van der Waals surface area (Å²) in [6.45, 7) is 6.08. The van der Waals surface area contributed by atoms with Crippen molar-refractivity contribution in [3.05, 3.63) is 44.8 Å². The standard InChI is InChI=1S/C18H20N6OS3/c1-18(2,3)24-17(19-21-22-24)28-11-16(25)23-13(15-7-5-9-27-15)10-12(20-23)14-6-4-8-26-14/h4-9,13H,10-11H2,1-3H3/t13-/m1/s1. The van der Waals surface area contributed by atoms with E-state index in [-0.39, 0.29) is 23.2 Å². The number of hydrogen-bond donors (Lipinski definition) is 0. The molecule has 10 heteroatoms. The Kier molecular flexibility index (Phi) is 5.35. The van der Waals surface area contributed by atoms with E-state index in [0.29, 0.717) is 5.16 Å². The highest BCUT2D eigenvalue weighted by Crippen LogP contribution is 2.36. The molecule has 0 radical (unpaired) electrons. The first-order valence-electron chi connectivity index (χ1n) is 8.82. The molecular formula is C18H20N6OS3. The zero-order valence-electron chi connectivity index (χ0n) is 15.8. The van der Waals surface area contributed by atoms with Crippen molar-refractivity contribution in [2.45, 2.75) is 43.9 Å². The first kappa shape index (κ1) is 19.3. The first-order valence-corrected chi connectivity index (χ1v) is 11.6. The van der Waals surface area contributed by atoms with Crippen LogP contribution in [0.1, 0.15) is 43.0 Å². The van der Waals surface area contributed by atoms with Gasteiger partial charge in [-0.15, -0.1) is 27.8 Å². The normalized spacial score (nSPS) is 17.2. The van der Waals surface area contributed by atoms with Crippen LogP contribution in [0.2, 0.25) is 0 Å². The van der Waals surface area contributed by atoms with Crippen molar-refractivity contribution < 1.29 is 4.79 Å². The fourth-order valence-electron chi connectivity index (χ4n) is 2.92. The van der Waals surface area contributed by atoms with Crippen LogP contribution in [-0.2, 0) is 10.3 Å². The van der Waals surface area contributed by atoms with Gasteiger partial charge in [0, 0.05) is 11.3 Å². The van der Waals surface area contributed by atoms with Gasteiger partial charge in [0.2, 0.25) is 5.16 Å². The van der Waals surface area contributed by atoms with E-state index in [0.717, 1.165) is 21.9 Å².